The zero-order valence-corrected chi connectivity index (χ0v) is 11.4. The van der Waals surface area contributed by atoms with E-state index >= 15 is 0 Å². The van der Waals surface area contributed by atoms with E-state index in [0.717, 1.165) is 25.8 Å². The van der Waals surface area contributed by atoms with Gasteiger partial charge in [-0.3, -0.25) is 0 Å². The maximum atomic E-state index is 11.5. The van der Waals surface area contributed by atoms with Crippen molar-refractivity contribution in [3.63, 3.8) is 0 Å². The molecule has 104 valence electrons. The Morgan fingerprint density at radius 3 is 2.72 bits per heavy atom. The van der Waals surface area contributed by atoms with Gasteiger partial charge in [-0.1, -0.05) is 0 Å². The van der Waals surface area contributed by atoms with E-state index in [9.17, 15) is 8.42 Å². The lowest BCUT2D eigenvalue weighted by molar-refractivity contribution is 0.563. The molecule has 0 amide bonds. The first kappa shape index (κ1) is 15.1. The number of unbranched alkanes of at least 4 members (excludes halogenated alkanes) is 2. The van der Waals surface area contributed by atoms with Crippen molar-refractivity contribution in [1.82, 2.24) is 14.3 Å². The molecule has 0 bridgehead atoms. The van der Waals surface area contributed by atoms with Crippen molar-refractivity contribution in [2.45, 2.75) is 32.2 Å². The third kappa shape index (κ3) is 6.73. The lowest BCUT2D eigenvalue weighted by atomic mass is 10.3. The van der Waals surface area contributed by atoms with Gasteiger partial charge in [-0.25, -0.2) is 18.1 Å². The first-order valence-electron chi connectivity index (χ1n) is 6.27. The minimum atomic E-state index is -3.11. The van der Waals surface area contributed by atoms with Crippen molar-refractivity contribution >= 4 is 10.0 Å². The summed E-state index contributed by atoms with van der Waals surface area (Å²) in [5.41, 5.74) is 5.32. The van der Waals surface area contributed by atoms with Crippen LogP contribution in [0.3, 0.4) is 0 Å². The van der Waals surface area contributed by atoms with Gasteiger partial charge < -0.3 is 10.3 Å². The highest BCUT2D eigenvalue weighted by Gasteiger charge is 2.08. The Bertz CT molecular complexity index is 403. The van der Waals surface area contributed by atoms with Gasteiger partial charge in [0.2, 0.25) is 10.0 Å². The van der Waals surface area contributed by atoms with Crippen molar-refractivity contribution in [3.05, 3.63) is 18.7 Å². The lowest BCUT2D eigenvalue weighted by Crippen LogP contribution is -2.27. The molecule has 0 fully saturated rings. The lowest BCUT2D eigenvalue weighted by Gasteiger charge is -2.06. The molecule has 0 spiro atoms. The fourth-order valence-corrected chi connectivity index (χ4v) is 2.76. The SMILES string of the molecule is NCCCCS(=O)(=O)NCCCCn1ccnc1. The largest absolute Gasteiger partial charge is 0.337 e. The molecule has 7 heteroatoms. The van der Waals surface area contributed by atoms with E-state index in [4.69, 9.17) is 5.73 Å². The molecule has 0 radical (unpaired) electrons. The predicted molar refractivity (Wildman–Crippen MR) is 71.5 cm³/mol. The molecule has 6 nitrogen and oxygen atoms in total. The van der Waals surface area contributed by atoms with E-state index in [0.29, 0.717) is 19.5 Å². The summed E-state index contributed by atoms with van der Waals surface area (Å²) in [5, 5.41) is 0. The monoisotopic (exact) mass is 274 g/mol. The fraction of sp³-hybridized carbons (Fsp3) is 0.727. The molecule has 0 aliphatic rings. The van der Waals surface area contributed by atoms with Crippen molar-refractivity contribution in [2.75, 3.05) is 18.8 Å². The number of aryl methyl sites for hydroxylation is 1. The molecule has 1 aromatic rings. The third-order valence-electron chi connectivity index (χ3n) is 2.59. The number of rotatable bonds is 10. The number of hydrogen-bond acceptors (Lipinski definition) is 4. The first-order chi connectivity index (χ1) is 8.64. The van der Waals surface area contributed by atoms with Crippen molar-refractivity contribution in [3.8, 4) is 0 Å². The standard InChI is InChI=1S/C11H22N4O2S/c12-5-1-4-10-18(16,17)14-6-2-3-8-15-9-7-13-11-15/h7,9,11,14H,1-6,8,10,12H2. The van der Waals surface area contributed by atoms with Crippen LogP contribution in [0, 0.1) is 0 Å². The first-order valence-corrected chi connectivity index (χ1v) is 7.92. The quantitative estimate of drug-likeness (QED) is 0.601. The van der Waals surface area contributed by atoms with Gasteiger partial charge in [-0.15, -0.1) is 0 Å². The van der Waals surface area contributed by atoms with Gasteiger partial charge in [0.25, 0.3) is 0 Å². The molecule has 1 rings (SSSR count). The molecule has 0 aromatic carbocycles. The normalized spacial score (nSPS) is 11.8. The van der Waals surface area contributed by atoms with E-state index in [1.54, 1.807) is 12.5 Å². The van der Waals surface area contributed by atoms with E-state index in [1.165, 1.54) is 0 Å². The van der Waals surface area contributed by atoms with Crippen molar-refractivity contribution in [1.29, 1.82) is 0 Å². The molecule has 1 heterocycles. The summed E-state index contributed by atoms with van der Waals surface area (Å²) in [5.74, 6) is 0.172. The summed E-state index contributed by atoms with van der Waals surface area (Å²) in [6, 6.07) is 0. The maximum absolute atomic E-state index is 11.5. The van der Waals surface area contributed by atoms with Gasteiger partial charge in [0.15, 0.2) is 0 Å². The highest BCUT2D eigenvalue weighted by atomic mass is 32.2. The minimum absolute atomic E-state index is 0.172. The van der Waals surface area contributed by atoms with Gasteiger partial charge >= 0.3 is 0 Å². The summed E-state index contributed by atoms with van der Waals surface area (Å²) in [4.78, 5) is 3.94. The average molecular weight is 274 g/mol. The molecule has 0 saturated heterocycles. The Kier molecular flexibility index (Phi) is 6.92. The number of nitrogens with zero attached hydrogens (tertiary/aromatic N) is 2. The van der Waals surface area contributed by atoms with Crippen LogP contribution in [0.4, 0.5) is 0 Å². The smallest absolute Gasteiger partial charge is 0.211 e. The zero-order chi connectivity index (χ0) is 13.3. The second-order valence-electron chi connectivity index (χ2n) is 4.22. The van der Waals surface area contributed by atoms with Crippen LogP contribution >= 0.6 is 0 Å². The Balaban J connectivity index is 2.06. The number of hydrogen-bond donors (Lipinski definition) is 2. The zero-order valence-electron chi connectivity index (χ0n) is 10.6. The van der Waals surface area contributed by atoms with Crippen LogP contribution in [-0.2, 0) is 16.6 Å². The number of imidazole rings is 1. The number of nitrogens with one attached hydrogen (secondary N) is 1. The van der Waals surface area contributed by atoms with Gasteiger partial charge in [-0.05, 0) is 32.2 Å². The second-order valence-corrected chi connectivity index (χ2v) is 6.14. The predicted octanol–water partition coefficient (Wildman–Crippen LogP) is 0.322. The molecular formula is C11H22N4O2S. The Labute approximate surface area is 109 Å². The summed E-state index contributed by atoms with van der Waals surface area (Å²) in [6.45, 7) is 1.91. The van der Waals surface area contributed by atoms with Crippen molar-refractivity contribution < 1.29 is 8.42 Å². The van der Waals surface area contributed by atoms with Gasteiger partial charge in [0.1, 0.15) is 0 Å². The molecule has 0 atom stereocenters. The van der Waals surface area contributed by atoms with Crippen LogP contribution in [0.15, 0.2) is 18.7 Å². The van der Waals surface area contributed by atoms with Gasteiger partial charge in [0, 0.05) is 25.5 Å². The van der Waals surface area contributed by atoms with Crippen LogP contribution < -0.4 is 10.5 Å². The minimum Gasteiger partial charge on any atom is -0.337 e. The number of aromatic nitrogens is 2. The van der Waals surface area contributed by atoms with E-state index in [1.807, 2.05) is 10.8 Å². The van der Waals surface area contributed by atoms with Crippen LogP contribution in [-0.4, -0.2) is 36.8 Å². The van der Waals surface area contributed by atoms with Crippen LogP contribution in [0.5, 0.6) is 0 Å². The molecule has 18 heavy (non-hydrogen) atoms. The molecular weight excluding hydrogens is 252 g/mol. The molecule has 0 unspecified atom stereocenters. The fourth-order valence-electron chi connectivity index (χ4n) is 1.57. The van der Waals surface area contributed by atoms with Crippen LogP contribution in [0.2, 0.25) is 0 Å². The van der Waals surface area contributed by atoms with Crippen LogP contribution in [0.25, 0.3) is 0 Å². The number of sulfonamides is 1. The molecule has 0 saturated carbocycles. The molecule has 3 N–H and O–H groups in total. The van der Waals surface area contributed by atoms with E-state index < -0.39 is 10.0 Å². The summed E-state index contributed by atoms with van der Waals surface area (Å²) in [7, 11) is -3.11. The van der Waals surface area contributed by atoms with Gasteiger partial charge in [-0.2, -0.15) is 0 Å². The van der Waals surface area contributed by atoms with E-state index in [2.05, 4.69) is 9.71 Å². The van der Waals surface area contributed by atoms with Gasteiger partial charge in [0.05, 0.1) is 12.1 Å². The number of nitrogens with two attached hydrogens (primary N) is 1. The molecule has 1 aromatic heterocycles. The third-order valence-corrected chi connectivity index (χ3v) is 4.06. The summed E-state index contributed by atoms with van der Waals surface area (Å²) in [6.07, 6.45) is 8.53. The Hall–Kier alpha value is -0.920. The summed E-state index contributed by atoms with van der Waals surface area (Å²) >= 11 is 0. The van der Waals surface area contributed by atoms with E-state index in [-0.39, 0.29) is 5.75 Å². The van der Waals surface area contributed by atoms with Crippen LogP contribution in [0.1, 0.15) is 25.7 Å². The van der Waals surface area contributed by atoms with Crippen molar-refractivity contribution in [2.24, 2.45) is 5.73 Å². The maximum Gasteiger partial charge on any atom is 0.211 e. The Morgan fingerprint density at radius 1 is 1.22 bits per heavy atom. The Morgan fingerprint density at radius 2 is 2.06 bits per heavy atom. The highest BCUT2D eigenvalue weighted by Crippen LogP contribution is 1.97. The second kappa shape index (κ2) is 8.23. The topological polar surface area (TPSA) is 90.0 Å². The highest BCUT2D eigenvalue weighted by molar-refractivity contribution is 7.89. The molecule has 0 aliphatic carbocycles. The molecule has 0 aliphatic heterocycles. The average Bonchev–Trinajstić information content (AvgIpc) is 2.81. The summed E-state index contributed by atoms with van der Waals surface area (Å²) < 4.78 is 27.6.